The number of carbonyl (C=O) groups excluding carboxylic acids is 2. The van der Waals surface area contributed by atoms with Crippen molar-refractivity contribution in [3.05, 3.63) is 66.8 Å². The number of fused-ring (bicyclic) bond motifs is 2. The normalized spacial score (nSPS) is 31.3. The van der Waals surface area contributed by atoms with Crippen LogP contribution >= 0.6 is 45.2 Å². The predicted molar refractivity (Wildman–Crippen MR) is 192 cm³/mol. The van der Waals surface area contributed by atoms with E-state index in [2.05, 4.69) is 98.6 Å². The molecule has 0 saturated carbocycles. The van der Waals surface area contributed by atoms with Crippen molar-refractivity contribution < 1.29 is 55.8 Å². The summed E-state index contributed by atoms with van der Waals surface area (Å²) in [5.74, 6) is 0.342. The molecule has 1 radical (unpaired) electrons. The average molecular weight is 1040 g/mol. The zero-order chi connectivity index (χ0) is 31.7. The van der Waals surface area contributed by atoms with E-state index in [4.69, 9.17) is 9.47 Å². The molecule has 4 bridgehead atoms. The Morgan fingerprint density at radius 3 is 1.89 bits per heavy atom. The van der Waals surface area contributed by atoms with E-state index in [1.807, 2.05) is 0 Å². The zero-order valence-electron chi connectivity index (χ0n) is 27.3. The zero-order valence-corrected chi connectivity index (χ0v) is 34.8. The van der Waals surface area contributed by atoms with Crippen molar-refractivity contribution in [1.82, 2.24) is 4.90 Å². The fraction of sp³-hybridized carbons (Fsp3) is 0.611. The van der Waals surface area contributed by atoms with Crippen molar-refractivity contribution in [2.75, 3.05) is 40.5 Å². The monoisotopic (exact) mass is 1040 g/mol. The molecule has 8 atom stereocenters. The Labute approximate surface area is 321 Å². The van der Waals surface area contributed by atoms with Gasteiger partial charge in [0.25, 0.3) is 0 Å². The summed E-state index contributed by atoms with van der Waals surface area (Å²) in [6, 6.07) is 19.1. The fourth-order valence-electron chi connectivity index (χ4n) is 9.83. The van der Waals surface area contributed by atoms with Crippen molar-refractivity contribution >= 4 is 57.1 Å². The summed E-state index contributed by atoms with van der Waals surface area (Å²) >= 11 is 4.64. The number of nitrogens with zero attached hydrogens (tertiary/aromatic N) is 2. The second kappa shape index (κ2) is 17.1. The molecule has 7 nitrogen and oxygen atoms in total. The molecule has 5 heterocycles. The molecule has 5 aliphatic rings. The first-order valence-corrected chi connectivity index (χ1v) is 18.8. The van der Waals surface area contributed by atoms with Crippen molar-refractivity contribution in [3.8, 4) is 0 Å². The number of esters is 2. The number of alkyl halides is 1. The average Bonchev–Trinajstić information content (AvgIpc) is 3.47. The molecular formula is C36H47FI2N2O5Ta. The number of hydrogen-bond acceptors (Lipinski definition) is 6. The van der Waals surface area contributed by atoms with Gasteiger partial charge in [-0.15, -0.1) is 0 Å². The molecule has 0 amide bonds. The van der Waals surface area contributed by atoms with Crippen molar-refractivity contribution in [3.63, 3.8) is 0 Å². The van der Waals surface area contributed by atoms with Gasteiger partial charge >= 0.3 is 11.9 Å². The van der Waals surface area contributed by atoms with E-state index in [9.17, 15) is 14.0 Å². The second-order valence-corrected chi connectivity index (χ2v) is 16.2. The van der Waals surface area contributed by atoms with Crippen LogP contribution in [-0.4, -0.2) is 91.5 Å². The molecule has 5 saturated heterocycles. The smallest absolute Gasteiger partial charge is 0.315 e. The van der Waals surface area contributed by atoms with Gasteiger partial charge in [-0.1, -0.05) is 24.3 Å². The van der Waals surface area contributed by atoms with Gasteiger partial charge in [-0.3, -0.25) is 18.9 Å². The summed E-state index contributed by atoms with van der Waals surface area (Å²) in [6.45, 7) is 3.02. The molecule has 257 valence electrons. The van der Waals surface area contributed by atoms with Gasteiger partial charge in [0.15, 0.2) is 0 Å². The number of quaternary nitrogens is 1. The van der Waals surface area contributed by atoms with E-state index in [0.717, 1.165) is 38.3 Å². The topological polar surface area (TPSA) is 85.8 Å². The number of carbonyl (C=O) groups is 2. The minimum absolute atomic E-state index is 0. The van der Waals surface area contributed by atoms with E-state index in [1.54, 1.807) is 7.11 Å². The molecule has 7 rings (SSSR count). The molecule has 11 heteroatoms. The third-order valence-corrected chi connectivity index (χ3v) is 13.3. The van der Waals surface area contributed by atoms with Crippen LogP contribution in [-0.2, 0) is 41.4 Å². The quantitative estimate of drug-likeness (QED) is 0.171. The van der Waals surface area contributed by atoms with Crippen LogP contribution in [0.2, 0.25) is 0 Å². The maximum atomic E-state index is 12.6. The first-order valence-electron chi connectivity index (χ1n) is 16.7. The standard InChI is InChI=1S/C18H23FINO2.C18H23INO2.H2O.Ta/c1-23-18(22)17-15(12-3-5-13(20)6-4-12)11-14-7-8-16(17)21(14)10-2-9-19;1-22-18(21)17-15(12-3-5-13(19)6-4-12)11-14-7-8-16(17)20(14)9-2-10-20;;/h3-6,14-17H,2,7-11H2,1H3;3-6,14-17H,2,7-11H2,1H3;1H2;/q;+1;;/p-1/i19-1;;;. The molecule has 5 aliphatic heterocycles. The van der Waals surface area contributed by atoms with Crippen LogP contribution in [0.15, 0.2) is 48.5 Å². The summed E-state index contributed by atoms with van der Waals surface area (Å²) in [6.07, 6.45) is 8.59. The summed E-state index contributed by atoms with van der Waals surface area (Å²) in [5.41, 5.74) is 2.55. The van der Waals surface area contributed by atoms with Crippen molar-refractivity contribution in [2.24, 2.45) is 11.8 Å². The van der Waals surface area contributed by atoms with Crippen LogP contribution in [0.5, 0.6) is 0 Å². The number of piperidine rings is 2. The van der Waals surface area contributed by atoms with Crippen LogP contribution in [0.4, 0.5) is 4.39 Å². The third kappa shape index (κ3) is 7.69. The molecule has 1 N–H and O–H groups in total. The van der Waals surface area contributed by atoms with Gasteiger partial charge in [0.2, 0.25) is 0 Å². The SMILES string of the molecule is COC(=O)C1C(c2ccc(I)cc2)CC2CCC1N2CCC[18F].COC(=O)C1C(c2ccc(I)cc2)CC2CCC1[N+]21CCC1.[OH-].[Ta]. The van der Waals surface area contributed by atoms with Gasteiger partial charge in [-0.25, -0.2) is 0 Å². The first-order chi connectivity index (χ1) is 21.8. The fourth-order valence-corrected chi connectivity index (χ4v) is 10.5. The van der Waals surface area contributed by atoms with Crippen molar-refractivity contribution in [1.29, 1.82) is 0 Å². The van der Waals surface area contributed by atoms with Gasteiger partial charge in [-0.05, 0) is 106 Å². The Kier molecular flexibility index (Phi) is 14.2. The van der Waals surface area contributed by atoms with Crippen LogP contribution < -0.4 is 0 Å². The summed E-state index contributed by atoms with van der Waals surface area (Å²) < 4.78 is 26.6. The van der Waals surface area contributed by atoms with Gasteiger partial charge in [0.05, 0.1) is 45.9 Å². The summed E-state index contributed by atoms with van der Waals surface area (Å²) in [5, 5.41) is 0. The number of methoxy groups -OCH3 is 2. The van der Waals surface area contributed by atoms with Gasteiger partial charge in [-0.2, -0.15) is 0 Å². The van der Waals surface area contributed by atoms with Crippen molar-refractivity contribution in [2.45, 2.75) is 87.4 Å². The maximum absolute atomic E-state index is 12.6. The molecule has 1 spiro atoms. The van der Waals surface area contributed by atoms with Crippen LogP contribution in [0, 0.1) is 19.0 Å². The number of ether oxygens (including phenoxy) is 2. The number of benzene rings is 2. The van der Waals surface area contributed by atoms with Crippen LogP contribution in [0.3, 0.4) is 0 Å². The van der Waals surface area contributed by atoms with E-state index < -0.39 is 0 Å². The minimum Gasteiger partial charge on any atom is -0.870 e. The predicted octanol–water partition coefficient (Wildman–Crippen LogP) is 6.90. The van der Waals surface area contributed by atoms with E-state index in [1.165, 1.54) is 62.2 Å². The number of rotatable bonds is 7. The summed E-state index contributed by atoms with van der Waals surface area (Å²) in [4.78, 5) is 27.5. The number of hydrogen-bond donors (Lipinski definition) is 0. The first kappa shape index (κ1) is 39.2. The summed E-state index contributed by atoms with van der Waals surface area (Å²) in [7, 11) is 3.02. The molecule has 0 aliphatic carbocycles. The molecule has 2 aromatic rings. The molecular weight excluding hydrogens is 993 g/mol. The Hall–Kier alpha value is -0.610. The van der Waals surface area contributed by atoms with Crippen LogP contribution in [0.1, 0.15) is 74.3 Å². The van der Waals surface area contributed by atoms with E-state index >= 15 is 0 Å². The Bertz CT molecular complexity index is 1350. The molecule has 2 aromatic carbocycles. The Morgan fingerprint density at radius 2 is 1.38 bits per heavy atom. The Balaban J connectivity index is 0.000000204. The van der Waals surface area contributed by atoms with Gasteiger partial charge < -0.3 is 19.4 Å². The second-order valence-electron chi connectivity index (χ2n) is 13.7. The third-order valence-electron chi connectivity index (χ3n) is 11.9. The number of halogens is 3. The van der Waals surface area contributed by atoms with Gasteiger partial charge in [0, 0.05) is 85.7 Å². The molecule has 0 aromatic heterocycles. The molecule has 8 unspecified atom stereocenters. The molecule has 5 fully saturated rings. The maximum Gasteiger partial charge on any atom is 0.315 e. The largest absolute Gasteiger partial charge is 0.870 e. The van der Waals surface area contributed by atoms with E-state index in [-0.39, 0.29) is 70.3 Å². The van der Waals surface area contributed by atoms with Crippen LogP contribution in [0.25, 0.3) is 0 Å². The van der Waals surface area contributed by atoms with Gasteiger partial charge in [0.1, 0.15) is 12.0 Å². The van der Waals surface area contributed by atoms with E-state index in [0.29, 0.717) is 24.4 Å². The molecule has 47 heavy (non-hydrogen) atoms. The Morgan fingerprint density at radius 1 is 0.830 bits per heavy atom. The minimum atomic E-state index is -0.292.